The van der Waals surface area contributed by atoms with Crippen LogP contribution in [0.5, 0.6) is 0 Å². The van der Waals surface area contributed by atoms with Crippen LogP contribution in [0.2, 0.25) is 0 Å². The van der Waals surface area contributed by atoms with E-state index in [1.165, 1.54) is 96.0 Å². The van der Waals surface area contributed by atoms with Crippen molar-refractivity contribution in [1.82, 2.24) is 0 Å². The predicted octanol–water partition coefficient (Wildman–Crippen LogP) is 18.2. The van der Waals surface area contributed by atoms with E-state index in [-0.39, 0.29) is 0 Å². The molecular formula is C60H39NS2. The van der Waals surface area contributed by atoms with E-state index in [9.17, 15) is 0 Å². The Morgan fingerprint density at radius 1 is 0.270 bits per heavy atom. The van der Waals surface area contributed by atoms with Gasteiger partial charge in [0.15, 0.2) is 0 Å². The number of thiophene rings is 2. The molecule has 0 saturated heterocycles. The molecule has 1 nitrogen and oxygen atoms in total. The standard InChI is InChI=1S/C60H39NS2/c1-3-15-41(16-4-1)47-19-7-8-21-51(47)59-48(42-17-5-2-6-18-42)23-13-25-54(59)61(45-34-29-40(30-35-45)44-33-38-57-53(39-44)50-20-9-11-26-55(50)62-57)46-36-31-43(32-37-46)49-24-14-28-58-60(49)52-22-10-12-27-56(52)63-58/h1-39H. The lowest BCUT2D eigenvalue weighted by Crippen LogP contribution is -2.12. The normalized spacial score (nSPS) is 11.5. The lowest BCUT2D eigenvalue weighted by atomic mass is 9.87. The van der Waals surface area contributed by atoms with Crippen molar-refractivity contribution in [3.8, 4) is 55.6 Å². The fourth-order valence-electron chi connectivity index (χ4n) is 9.38. The Hall–Kier alpha value is -7.56. The molecule has 3 heteroatoms. The number of hydrogen-bond acceptors (Lipinski definition) is 3. The van der Waals surface area contributed by atoms with Gasteiger partial charge in [0.25, 0.3) is 0 Å². The van der Waals surface area contributed by atoms with E-state index in [1.807, 2.05) is 22.7 Å². The maximum absolute atomic E-state index is 2.45. The topological polar surface area (TPSA) is 3.24 Å². The quantitative estimate of drug-likeness (QED) is 0.147. The second kappa shape index (κ2) is 15.7. The molecule has 0 saturated carbocycles. The first-order chi connectivity index (χ1) is 31.2. The van der Waals surface area contributed by atoms with Gasteiger partial charge in [0.05, 0.1) is 5.69 Å². The fourth-order valence-corrected chi connectivity index (χ4v) is 11.6. The van der Waals surface area contributed by atoms with Gasteiger partial charge in [-0.05, 0) is 111 Å². The maximum Gasteiger partial charge on any atom is 0.0546 e. The molecule has 0 N–H and O–H groups in total. The third kappa shape index (κ3) is 6.61. The van der Waals surface area contributed by atoms with Crippen molar-refractivity contribution in [2.75, 3.05) is 4.90 Å². The van der Waals surface area contributed by atoms with Crippen molar-refractivity contribution in [2.24, 2.45) is 0 Å². The molecule has 0 radical (unpaired) electrons. The molecule has 0 amide bonds. The number of anilines is 3. The molecule has 0 aliphatic rings. The summed E-state index contributed by atoms with van der Waals surface area (Å²) in [6.07, 6.45) is 0. The summed E-state index contributed by atoms with van der Waals surface area (Å²) in [6.45, 7) is 0. The van der Waals surface area contributed by atoms with E-state index >= 15 is 0 Å². The third-order valence-corrected chi connectivity index (χ3v) is 14.6. The zero-order valence-electron chi connectivity index (χ0n) is 34.3. The van der Waals surface area contributed by atoms with Gasteiger partial charge in [-0.1, -0.05) is 176 Å². The second-order valence-electron chi connectivity index (χ2n) is 16.0. The lowest BCUT2D eigenvalue weighted by Gasteiger charge is -2.30. The van der Waals surface area contributed by atoms with Crippen LogP contribution in [-0.2, 0) is 0 Å². The molecule has 0 aliphatic heterocycles. The molecule has 0 fully saturated rings. The lowest BCUT2D eigenvalue weighted by molar-refractivity contribution is 1.28. The van der Waals surface area contributed by atoms with Crippen molar-refractivity contribution in [3.63, 3.8) is 0 Å². The molecule has 0 aliphatic carbocycles. The van der Waals surface area contributed by atoms with Crippen LogP contribution in [0.25, 0.3) is 96.0 Å². The highest BCUT2D eigenvalue weighted by Gasteiger charge is 2.23. The Morgan fingerprint density at radius 2 is 0.746 bits per heavy atom. The molecule has 0 spiro atoms. The Balaban J connectivity index is 1.05. The minimum absolute atomic E-state index is 1.09. The van der Waals surface area contributed by atoms with Crippen molar-refractivity contribution in [3.05, 3.63) is 237 Å². The summed E-state index contributed by atoms with van der Waals surface area (Å²) < 4.78 is 5.27. The molecule has 2 heterocycles. The summed E-state index contributed by atoms with van der Waals surface area (Å²) in [4.78, 5) is 2.45. The summed E-state index contributed by atoms with van der Waals surface area (Å²) in [5.41, 5.74) is 15.2. The minimum atomic E-state index is 1.09. The first kappa shape index (κ1) is 37.2. The highest BCUT2D eigenvalue weighted by Crippen LogP contribution is 2.49. The highest BCUT2D eigenvalue weighted by atomic mass is 32.1. The molecule has 2 aromatic heterocycles. The first-order valence-corrected chi connectivity index (χ1v) is 23.0. The van der Waals surface area contributed by atoms with E-state index in [1.54, 1.807) is 0 Å². The molecular weight excluding hydrogens is 799 g/mol. The van der Waals surface area contributed by atoms with Gasteiger partial charge < -0.3 is 4.90 Å². The number of rotatable bonds is 8. The zero-order valence-corrected chi connectivity index (χ0v) is 35.9. The van der Waals surface area contributed by atoms with Crippen molar-refractivity contribution >= 4 is 80.1 Å². The molecule has 12 aromatic rings. The van der Waals surface area contributed by atoms with Gasteiger partial charge in [0.1, 0.15) is 0 Å². The summed E-state index contributed by atoms with van der Waals surface area (Å²) in [6, 6.07) is 86.7. The molecule has 10 aromatic carbocycles. The molecule has 12 rings (SSSR count). The Kier molecular flexibility index (Phi) is 9.29. The highest BCUT2D eigenvalue weighted by molar-refractivity contribution is 7.26. The van der Waals surface area contributed by atoms with Gasteiger partial charge in [-0.3, -0.25) is 0 Å². The Morgan fingerprint density at radius 3 is 1.48 bits per heavy atom. The van der Waals surface area contributed by atoms with Crippen LogP contribution in [0.3, 0.4) is 0 Å². The number of hydrogen-bond donors (Lipinski definition) is 0. The zero-order chi connectivity index (χ0) is 41.7. The van der Waals surface area contributed by atoms with Gasteiger partial charge in [-0.2, -0.15) is 0 Å². The summed E-state index contributed by atoms with van der Waals surface area (Å²) in [5.74, 6) is 0. The minimum Gasteiger partial charge on any atom is -0.310 e. The van der Waals surface area contributed by atoms with E-state index in [0.29, 0.717) is 0 Å². The van der Waals surface area contributed by atoms with E-state index in [0.717, 1.165) is 17.1 Å². The van der Waals surface area contributed by atoms with Gasteiger partial charge >= 0.3 is 0 Å². The SMILES string of the molecule is c1ccc(-c2ccccc2-c2c(-c3ccccc3)cccc2N(c2ccc(-c3ccc4sc5ccccc5c4c3)cc2)c2ccc(-c3cccc4sc5ccccc5c34)cc2)cc1. The molecule has 0 unspecified atom stereocenters. The van der Waals surface area contributed by atoms with Crippen LogP contribution < -0.4 is 4.90 Å². The maximum atomic E-state index is 2.45. The average molecular weight is 838 g/mol. The van der Waals surface area contributed by atoms with Gasteiger partial charge in [-0.15, -0.1) is 22.7 Å². The van der Waals surface area contributed by atoms with Gasteiger partial charge in [0.2, 0.25) is 0 Å². The molecule has 0 bridgehead atoms. The second-order valence-corrected chi connectivity index (χ2v) is 18.2. The van der Waals surface area contributed by atoms with Crippen LogP contribution in [-0.4, -0.2) is 0 Å². The van der Waals surface area contributed by atoms with Crippen LogP contribution in [0.4, 0.5) is 17.1 Å². The van der Waals surface area contributed by atoms with E-state index < -0.39 is 0 Å². The van der Waals surface area contributed by atoms with Crippen LogP contribution in [0.1, 0.15) is 0 Å². The van der Waals surface area contributed by atoms with E-state index in [2.05, 4.69) is 241 Å². The van der Waals surface area contributed by atoms with E-state index in [4.69, 9.17) is 0 Å². The number of benzene rings is 10. The third-order valence-electron chi connectivity index (χ3n) is 12.3. The fraction of sp³-hybridized carbons (Fsp3) is 0. The molecule has 0 atom stereocenters. The summed E-state index contributed by atoms with van der Waals surface area (Å²) in [5, 5.41) is 5.26. The van der Waals surface area contributed by atoms with Gasteiger partial charge in [-0.25, -0.2) is 0 Å². The number of fused-ring (bicyclic) bond motifs is 6. The van der Waals surface area contributed by atoms with Crippen LogP contribution >= 0.6 is 22.7 Å². The average Bonchev–Trinajstić information content (AvgIpc) is 3.93. The largest absolute Gasteiger partial charge is 0.310 e. The van der Waals surface area contributed by atoms with Crippen molar-refractivity contribution in [1.29, 1.82) is 0 Å². The number of nitrogens with zero attached hydrogens (tertiary/aromatic N) is 1. The summed E-state index contributed by atoms with van der Waals surface area (Å²) >= 11 is 3.72. The molecule has 63 heavy (non-hydrogen) atoms. The van der Waals surface area contributed by atoms with Crippen molar-refractivity contribution < 1.29 is 0 Å². The van der Waals surface area contributed by atoms with Crippen LogP contribution in [0, 0.1) is 0 Å². The Labute approximate surface area is 375 Å². The monoisotopic (exact) mass is 837 g/mol. The van der Waals surface area contributed by atoms with Gasteiger partial charge in [0, 0.05) is 57.3 Å². The Bertz CT molecular complexity index is 3600. The first-order valence-electron chi connectivity index (χ1n) is 21.4. The summed E-state index contributed by atoms with van der Waals surface area (Å²) in [7, 11) is 0. The predicted molar refractivity (Wildman–Crippen MR) is 274 cm³/mol. The smallest absolute Gasteiger partial charge is 0.0546 e. The van der Waals surface area contributed by atoms with Crippen molar-refractivity contribution in [2.45, 2.75) is 0 Å². The molecule has 296 valence electrons. The van der Waals surface area contributed by atoms with Crippen LogP contribution in [0.15, 0.2) is 237 Å².